The van der Waals surface area contributed by atoms with Crippen LogP contribution in [0.2, 0.25) is 5.02 Å². The second-order valence-corrected chi connectivity index (χ2v) is 4.62. The van der Waals surface area contributed by atoms with Crippen LogP contribution < -0.4 is 14.9 Å². The molecule has 110 valence electrons. The van der Waals surface area contributed by atoms with E-state index in [0.29, 0.717) is 16.2 Å². The van der Waals surface area contributed by atoms with Crippen LogP contribution >= 0.6 is 11.6 Å². The van der Waals surface area contributed by atoms with Gasteiger partial charge in [0.25, 0.3) is 0 Å². The summed E-state index contributed by atoms with van der Waals surface area (Å²) < 4.78 is 23.7. The van der Waals surface area contributed by atoms with E-state index in [4.69, 9.17) is 31.1 Å². The third-order valence-electron chi connectivity index (χ3n) is 2.68. The lowest BCUT2D eigenvalue weighted by Crippen LogP contribution is -2.29. The van der Waals surface area contributed by atoms with Gasteiger partial charge in [0.15, 0.2) is 0 Å². The van der Waals surface area contributed by atoms with Gasteiger partial charge in [0.1, 0.15) is 30.5 Å². The number of halogens is 2. The monoisotopic (exact) mass is 310 g/mol. The fraction of sp³-hybridized carbons (Fsp3) is 0.143. The molecule has 0 radical (unpaired) electrons. The Morgan fingerprint density at radius 1 is 1.00 bits per heavy atom. The summed E-state index contributed by atoms with van der Waals surface area (Å²) in [5.74, 6) is 0.404. The number of benzene rings is 2. The van der Waals surface area contributed by atoms with E-state index >= 15 is 0 Å². The van der Waals surface area contributed by atoms with Crippen molar-refractivity contribution in [3.05, 3.63) is 53.3 Å². The zero-order valence-corrected chi connectivity index (χ0v) is 11.8. The van der Waals surface area contributed by atoms with Crippen LogP contribution in [0.25, 0.3) is 0 Å². The number of hydrogen-bond donors (Lipinski definition) is 2. The minimum absolute atomic E-state index is 0.202. The quantitative estimate of drug-likeness (QED) is 0.629. The van der Waals surface area contributed by atoms with Crippen molar-refractivity contribution in [2.24, 2.45) is 0 Å². The van der Waals surface area contributed by atoms with Crippen molar-refractivity contribution in [3.63, 3.8) is 0 Å². The third-order valence-corrected chi connectivity index (χ3v) is 2.99. The Morgan fingerprint density at radius 3 is 2.33 bits per heavy atom. The zero-order chi connectivity index (χ0) is 15.2. The molecule has 7 heteroatoms. The summed E-state index contributed by atoms with van der Waals surface area (Å²) >= 11 is 5.86. The van der Waals surface area contributed by atoms with Gasteiger partial charge in [-0.15, -0.1) is 0 Å². The summed E-state index contributed by atoms with van der Waals surface area (Å²) in [6.07, 6.45) is 0. The van der Waals surface area contributed by atoms with Gasteiger partial charge in [-0.3, -0.25) is 0 Å². The molecule has 2 N–H and O–H groups in total. The smallest absolute Gasteiger partial charge is 0.488 e. The highest BCUT2D eigenvalue weighted by molar-refractivity contribution is 6.58. The van der Waals surface area contributed by atoms with Crippen molar-refractivity contribution < 1.29 is 23.9 Å². The summed E-state index contributed by atoms with van der Waals surface area (Å²) in [4.78, 5) is 0. The molecule has 0 amide bonds. The van der Waals surface area contributed by atoms with E-state index in [0.717, 1.165) is 0 Å². The predicted octanol–water partition coefficient (Wildman–Crippen LogP) is 1.62. The first-order valence-corrected chi connectivity index (χ1v) is 6.61. The maximum atomic E-state index is 13.0. The second-order valence-electron chi connectivity index (χ2n) is 4.21. The largest absolute Gasteiger partial charge is 0.490 e. The Kier molecular flexibility index (Phi) is 5.44. The minimum Gasteiger partial charge on any atom is -0.490 e. The van der Waals surface area contributed by atoms with E-state index in [9.17, 15) is 4.39 Å². The first-order valence-electron chi connectivity index (χ1n) is 6.23. The molecule has 0 saturated carbocycles. The number of rotatable bonds is 6. The maximum absolute atomic E-state index is 13.0. The van der Waals surface area contributed by atoms with Gasteiger partial charge in [0, 0.05) is 6.07 Å². The van der Waals surface area contributed by atoms with Crippen LogP contribution in [0.1, 0.15) is 0 Å². The molecule has 0 aliphatic heterocycles. The van der Waals surface area contributed by atoms with Crippen LogP contribution in [0.3, 0.4) is 0 Å². The highest BCUT2D eigenvalue weighted by Gasteiger charge is 2.09. The molecule has 0 heterocycles. The summed E-state index contributed by atoms with van der Waals surface area (Å²) in [5.41, 5.74) is 0.380. The zero-order valence-electron chi connectivity index (χ0n) is 11.0. The van der Waals surface area contributed by atoms with Crippen LogP contribution in [0.15, 0.2) is 42.5 Å². The second kappa shape index (κ2) is 7.31. The molecule has 0 atom stereocenters. The molecule has 2 rings (SSSR count). The van der Waals surface area contributed by atoms with Crippen LogP contribution in [0.5, 0.6) is 11.5 Å². The summed E-state index contributed by atoms with van der Waals surface area (Å²) in [7, 11) is -1.50. The van der Waals surface area contributed by atoms with Crippen molar-refractivity contribution in [2.45, 2.75) is 0 Å². The molecule has 2 aromatic carbocycles. The van der Waals surface area contributed by atoms with Crippen LogP contribution in [-0.2, 0) is 0 Å². The fourth-order valence-electron chi connectivity index (χ4n) is 1.64. The van der Waals surface area contributed by atoms with E-state index < -0.39 is 12.9 Å². The highest BCUT2D eigenvalue weighted by atomic mass is 35.5. The van der Waals surface area contributed by atoms with E-state index in [2.05, 4.69) is 0 Å². The maximum Gasteiger partial charge on any atom is 0.488 e. The minimum atomic E-state index is -1.50. The Labute approximate surface area is 126 Å². The Balaban J connectivity index is 1.80. The van der Waals surface area contributed by atoms with Crippen LogP contribution in [0, 0.1) is 5.82 Å². The lowest BCUT2D eigenvalue weighted by atomic mass is 9.80. The number of ether oxygens (including phenoxy) is 2. The molecule has 4 nitrogen and oxygen atoms in total. The summed E-state index contributed by atoms with van der Waals surface area (Å²) in [6.45, 7) is 0.446. The van der Waals surface area contributed by atoms with E-state index in [1.165, 1.54) is 18.2 Å². The molecule has 2 aromatic rings. The van der Waals surface area contributed by atoms with Crippen molar-refractivity contribution >= 4 is 24.2 Å². The highest BCUT2D eigenvalue weighted by Crippen LogP contribution is 2.24. The van der Waals surface area contributed by atoms with Crippen molar-refractivity contribution in [1.82, 2.24) is 0 Å². The van der Waals surface area contributed by atoms with Gasteiger partial charge >= 0.3 is 7.12 Å². The van der Waals surface area contributed by atoms with Crippen LogP contribution in [0.4, 0.5) is 4.39 Å². The Hall–Kier alpha value is -1.76. The molecule has 0 saturated heterocycles. The van der Waals surface area contributed by atoms with Gasteiger partial charge in [-0.25, -0.2) is 4.39 Å². The standard InChI is InChI=1S/C14H13BClFO4/c16-13-6-3-11(17)9-14(13)21-8-7-20-12-4-1-10(2-5-12)15(18)19/h1-6,9,18-19H,7-8H2. The predicted molar refractivity (Wildman–Crippen MR) is 78.7 cm³/mol. The first kappa shape index (κ1) is 15.6. The van der Waals surface area contributed by atoms with Crippen molar-refractivity contribution in [2.75, 3.05) is 13.2 Å². The topological polar surface area (TPSA) is 58.9 Å². The van der Waals surface area contributed by atoms with Crippen molar-refractivity contribution in [1.29, 1.82) is 0 Å². The average Bonchev–Trinajstić information content (AvgIpc) is 2.47. The van der Waals surface area contributed by atoms with Gasteiger partial charge in [-0.1, -0.05) is 23.7 Å². The molecular formula is C14H13BClFO4. The Morgan fingerprint density at radius 2 is 1.67 bits per heavy atom. The van der Waals surface area contributed by atoms with Gasteiger partial charge in [-0.05, 0) is 29.7 Å². The lowest BCUT2D eigenvalue weighted by molar-refractivity contribution is 0.216. The van der Waals surface area contributed by atoms with Crippen LogP contribution in [-0.4, -0.2) is 30.4 Å². The molecule has 0 spiro atoms. The SMILES string of the molecule is OB(O)c1ccc(OCCOc2cc(F)ccc2Cl)cc1. The summed E-state index contributed by atoms with van der Waals surface area (Å²) in [6, 6.07) is 10.2. The van der Waals surface area contributed by atoms with E-state index in [1.807, 2.05) is 0 Å². The fourth-order valence-corrected chi connectivity index (χ4v) is 1.81. The molecule has 0 aliphatic carbocycles. The molecule has 0 bridgehead atoms. The Bertz CT molecular complexity index is 592. The molecule has 0 fully saturated rings. The first-order chi connectivity index (χ1) is 10.1. The molecule has 21 heavy (non-hydrogen) atoms. The van der Waals surface area contributed by atoms with E-state index in [1.54, 1.807) is 24.3 Å². The van der Waals surface area contributed by atoms with Gasteiger partial charge < -0.3 is 19.5 Å². The summed E-state index contributed by atoms with van der Waals surface area (Å²) in [5, 5.41) is 18.2. The molecular weight excluding hydrogens is 297 g/mol. The normalized spacial score (nSPS) is 10.3. The van der Waals surface area contributed by atoms with Gasteiger partial charge in [0.05, 0.1) is 5.02 Å². The number of hydrogen-bond acceptors (Lipinski definition) is 4. The molecule has 0 aromatic heterocycles. The van der Waals surface area contributed by atoms with Gasteiger partial charge in [-0.2, -0.15) is 0 Å². The molecule has 0 unspecified atom stereocenters. The average molecular weight is 311 g/mol. The molecule has 0 aliphatic rings. The van der Waals surface area contributed by atoms with E-state index in [-0.39, 0.29) is 19.0 Å². The third kappa shape index (κ3) is 4.63. The van der Waals surface area contributed by atoms with Gasteiger partial charge in [0.2, 0.25) is 0 Å². The lowest BCUT2D eigenvalue weighted by Gasteiger charge is -2.10. The van der Waals surface area contributed by atoms with Crippen molar-refractivity contribution in [3.8, 4) is 11.5 Å².